The van der Waals surface area contributed by atoms with Crippen LogP contribution in [0, 0.1) is 0 Å². The number of likely N-dealkylation sites (tertiary alicyclic amines) is 1. The van der Waals surface area contributed by atoms with E-state index in [9.17, 15) is 4.79 Å². The van der Waals surface area contributed by atoms with Crippen LogP contribution in [0.5, 0.6) is 5.75 Å². The Labute approximate surface area is 162 Å². The fourth-order valence-electron chi connectivity index (χ4n) is 3.84. The van der Waals surface area contributed by atoms with Crippen LogP contribution < -0.4 is 10.1 Å². The lowest BCUT2D eigenvalue weighted by Crippen LogP contribution is -2.38. The van der Waals surface area contributed by atoms with Crippen LogP contribution >= 0.6 is 0 Å². The number of amides is 1. The monoisotopic (exact) mass is 366 g/mol. The van der Waals surface area contributed by atoms with E-state index in [0.29, 0.717) is 6.54 Å². The third-order valence-electron chi connectivity index (χ3n) is 5.45. The lowest BCUT2D eigenvalue weighted by Gasteiger charge is -2.25. The van der Waals surface area contributed by atoms with E-state index in [2.05, 4.69) is 53.5 Å². The number of nitrogens with one attached hydrogen (secondary N) is 1. The molecule has 4 nitrogen and oxygen atoms in total. The van der Waals surface area contributed by atoms with Crippen LogP contribution in [0.4, 0.5) is 0 Å². The summed E-state index contributed by atoms with van der Waals surface area (Å²) in [5, 5.41) is 3.15. The molecule has 2 aromatic rings. The molecular weight excluding hydrogens is 336 g/mol. The van der Waals surface area contributed by atoms with E-state index in [4.69, 9.17) is 4.74 Å². The Kier molecular flexibility index (Phi) is 6.51. The summed E-state index contributed by atoms with van der Waals surface area (Å²) < 4.78 is 5.35. The van der Waals surface area contributed by atoms with Gasteiger partial charge in [-0.1, -0.05) is 43.3 Å². The highest BCUT2D eigenvalue weighted by molar-refractivity contribution is 5.78. The van der Waals surface area contributed by atoms with Crippen molar-refractivity contribution in [3.05, 3.63) is 65.2 Å². The maximum absolute atomic E-state index is 12.6. The zero-order valence-electron chi connectivity index (χ0n) is 16.6. The van der Waals surface area contributed by atoms with Gasteiger partial charge in [0.2, 0.25) is 5.91 Å². The van der Waals surface area contributed by atoms with Gasteiger partial charge in [0.1, 0.15) is 5.75 Å². The minimum absolute atomic E-state index is 0.0151. The second-order valence-corrected chi connectivity index (χ2v) is 7.29. The molecule has 1 amide bonds. The van der Waals surface area contributed by atoms with E-state index < -0.39 is 0 Å². The van der Waals surface area contributed by atoms with E-state index in [1.165, 1.54) is 11.1 Å². The highest BCUT2D eigenvalue weighted by atomic mass is 16.5. The maximum atomic E-state index is 12.6. The second kappa shape index (κ2) is 9.05. The summed E-state index contributed by atoms with van der Waals surface area (Å²) in [6.07, 6.45) is 3.22. The van der Waals surface area contributed by atoms with Crippen LogP contribution in [0.3, 0.4) is 0 Å². The Balaban J connectivity index is 1.60. The Hall–Kier alpha value is -2.33. The Morgan fingerprint density at radius 2 is 2.04 bits per heavy atom. The van der Waals surface area contributed by atoms with Crippen molar-refractivity contribution < 1.29 is 9.53 Å². The number of carbonyl (C=O) groups is 1. The molecule has 0 aliphatic carbocycles. The van der Waals surface area contributed by atoms with Crippen LogP contribution in [-0.4, -0.2) is 31.0 Å². The topological polar surface area (TPSA) is 41.6 Å². The summed E-state index contributed by atoms with van der Waals surface area (Å²) in [4.78, 5) is 14.9. The second-order valence-electron chi connectivity index (χ2n) is 7.29. The van der Waals surface area contributed by atoms with E-state index in [0.717, 1.165) is 37.1 Å². The number of hydrogen-bond donors (Lipinski definition) is 1. The molecule has 1 fully saturated rings. The van der Waals surface area contributed by atoms with Crippen LogP contribution in [-0.2, 0) is 11.2 Å². The number of hydrogen-bond acceptors (Lipinski definition) is 3. The molecule has 4 heteroatoms. The van der Waals surface area contributed by atoms with E-state index in [-0.39, 0.29) is 18.0 Å². The molecule has 1 heterocycles. The first-order valence-electron chi connectivity index (χ1n) is 9.87. The van der Waals surface area contributed by atoms with Gasteiger partial charge in [-0.15, -0.1) is 0 Å². The number of rotatable bonds is 7. The average Bonchev–Trinajstić information content (AvgIpc) is 3.16. The van der Waals surface area contributed by atoms with Gasteiger partial charge in [-0.2, -0.15) is 0 Å². The van der Waals surface area contributed by atoms with Crippen molar-refractivity contribution in [1.29, 1.82) is 0 Å². The highest BCUT2D eigenvalue weighted by Gasteiger charge is 2.28. The summed E-state index contributed by atoms with van der Waals surface area (Å²) in [6, 6.07) is 17.0. The fourth-order valence-corrected chi connectivity index (χ4v) is 3.84. The summed E-state index contributed by atoms with van der Waals surface area (Å²) in [5.74, 6) is 0.949. The lowest BCUT2D eigenvalue weighted by atomic mass is 10.0. The zero-order chi connectivity index (χ0) is 19.2. The quantitative estimate of drug-likeness (QED) is 0.795. The van der Waals surface area contributed by atoms with Crippen LogP contribution in [0.15, 0.2) is 48.5 Å². The number of methoxy groups -OCH3 is 1. The third kappa shape index (κ3) is 4.89. The molecule has 0 radical (unpaired) electrons. The first-order chi connectivity index (χ1) is 13.1. The Bertz CT molecular complexity index is 757. The Morgan fingerprint density at radius 3 is 2.74 bits per heavy atom. The molecule has 2 aromatic carbocycles. The Morgan fingerprint density at radius 1 is 1.26 bits per heavy atom. The van der Waals surface area contributed by atoms with Gasteiger partial charge in [-0.25, -0.2) is 0 Å². The highest BCUT2D eigenvalue weighted by Crippen LogP contribution is 2.33. The van der Waals surface area contributed by atoms with E-state index in [1.807, 2.05) is 19.1 Å². The van der Waals surface area contributed by atoms with Crippen LogP contribution in [0.2, 0.25) is 0 Å². The molecule has 1 saturated heterocycles. The molecule has 144 valence electrons. The standard InChI is InChI=1S/C23H30N2O2/c1-4-18-10-12-19(13-11-18)17(2)24-23(26)16-25-14-6-9-22(25)20-7-5-8-21(15-20)27-3/h5,7-8,10-13,15,17,22H,4,6,9,14,16H2,1-3H3,(H,24,26). The van der Waals surface area contributed by atoms with E-state index >= 15 is 0 Å². The van der Waals surface area contributed by atoms with Crippen molar-refractivity contribution in [2.45, 2.75) is 45.2 Å². The van der Waals surface area contributed by atoms with Gasteiger partial charge in [0, 0.05) is 6.04 Å². The normalized spacial score (nSPS) is 18.3. The molecule has 3 rings (SSSR count). The smallest absolute Gasteiger partial charge is 0.234 e. The minimum Gasteiger partial charge on any atom is -0.497 e. The fraction of sp³-hybridized carbons (Fsp3) is 0.435. The van der Waals surface area contributed by atoms with Gasteiger partial charge >= 0.3 is 0 Å². The molecule has 27 heavy (non-hydrogen) atoms. The third-order valence-corrected chi connectivity index (χ3v) is 5.45. The minimum atomic E-state index is 0.0151. The zero-order valence-corrected chi connectivity index (χ0v) is 16.6. The maximum Gasteiger partial charge on any atom is 0.234 e. The molecule has 0 spiro atoms. The summed E-state index contributed by atoms with van der Waals surface area (Å²) in [7, 11) is 1.69. The van der Waals surface area contributed by atoms with Crippen molar-refractivity contribution in [3.63, 3.8) is 0 Å². The number of ether oxygens (including phenoxy) is 1. The summed E-state index contributed by atoms with van der Waals surface area (Å²) in [5.41, 5.74) is 3.68. The number of nitrogens with zero attached hydrogens (tertiary/aromatic N) is 1. The molecule has 0 aromatic heterocycles. The number of carbonyl (C=O) groups excluding carboxylic acids is 1. The van der Waals surface area contributed by atoms with Crippen molar-refractivity contribution in [2.75, 3.05) is 20.2 Å². The average molecular weight is 367 g/mol. The summed E-state index contributed by atoms with van der Waals surface area (Å²) in [6.45, 7) is 5.57. The van der Waals surface area contributed by atoms with Crippen molar-refractivity contribution in [2.24, 2.45) is 0 Å². The van der Waals surface area contributed by atoms with Crippen molar-refractivity contribution in [1.82, 2.24) is 10.2 Å². The van der Waals surface area contributed by atoms with Gasteiger partial charge in [-0.05, 0) is 61.6 Å². The largest absolute Gasteiger partial charge is 0.497 e. The van der Waals surface area contributed by atoms with Gasteiger partial charge < -0.3 is 10.1 Å². The molecular formula is C23H30N2O2. The molecule has 1 aliphatic rings. The van der Waals surface area contributed by atoms with Crippen LogP contribution in [0.1, 0.15) is 55.5 Å². The molecule has 0 bridgehead atoms. The predicted octanol–water partition coefficient (Wildman–Crippen LogP) is 4.27. The first-order valence-corrected chi connectivity index (χ1v) is 9.87. The molecule has 1 N–H and O–H groups in total. The van der Waals surface area contributed by atoms with Crippen molar-refractivity contribution in [3.8, 4) is 5.75 Å². The molecule has 0 saturated carbocycles. The van der Waals surface area contributed by atoms with Gasteiger partial charge in [0.15, 0.2) is 0 Å². The summed E-state index contributed by atoms with van der Waals surface area (Å²) >= 11 is 0. The number of aryl methyl sites for hydroxylation is 1. The predicted molar refractivity (Wildman–Crippen MR) is 109 cm³/mol. The van der Waals surface area contributed by atoms with Gasteiger partial charge in [-0.3, -0.25) is 9.69 Å². The van der Waals surface area contributed by atoms with Gasteiger partial charge in [0.25, 0.3) is 0 Å². The first kappa shape index (κ1) is 19.4. The molecule has 1 aliphatic heterocycles. The van der Waals surface area contributed by atoms with Crippen molar-refractivity contribution >= 4 is 5.91 Å². The lowest BCUT2D eigenvalue weighted by molar-refractivity contribution is -0.123. The number of benzene rings is 2. The molecule has 2 atom stereocenters. The van der Waals surface area contributed by atoms with Crippen LogP contribution in [0.25, 0.3) is 0 Å². The molecule has 2 unspecified atom stereocenters. The van der Waals surface area contributed by atoms with E-state index in [1.54, 1.807) is 7.11 Å². The van der Waals surface area contributed by atoms with Gasteiger partial charge in [0.05, 0.1) is 19.7 Å². The SMILES string of the molecule is CCc1ccc(C(C)NC(=O)CN2CCCC2c2cccc(OC)c2)cc1.